The first-order valence-electron chi connectivity index (χ1n) is 9.16. The fourth-order valence-corrected chi connectivity index (χ4v) is 2.55. The molecule has 6 heteroatoms. The second-order valence-electron chi connectivity index (χ2n) is 6.37. The smallest absolute Gasteiger partial charge is 0.251 e. The highest BCUT2D eigenvalue weighted by Gasteiger charge is 2.10. The molecule has 1 heterocycles. The Bertz CT molecular complexity index is 925. The molecule has 3 aromatic rings. The maximum absolute atomic E-state index is 12.2. The van der Waals surface area contributed by atoms with Crippen LogP contribution in [0.5, 0.6) is 17.4 Å². The van der Waals surface area contributed by atoms with Gasteiger partial charge in [-0.3, -0.25) is 4.79 Å². The summed E-state index contributed by atoms with van der Waals surface area (Å²) in [6, 6.07) is 18.4. The number of benzene rings is 2. The molecule has 0 aliphatic heterocycles. The van der Waals surface area contributed by atoms with E-state index in [-0.39, 0.29) is 11.9 Å². The highest BCUT2D eigenvalue weighted by molar-refractivity contribution is 5.94. The van der Waals surface area contributed by atoms with Crippen LogP contribution >= 0.6 is 0 Å². The van der Waals surface area contributed by atoms with Crippen LogP contribution in [0.15, 0.2) is 60.7 Å². The molecule has 1 aromatic heterocycles. The molecule has 3 rings (SSSR count). The molecular weight excluding hydrogens is 354 g/mol. The van der Waals surface area contributed by atoms with Gasteiger partial charge < -0.3 is 14.8 Å². The van der Waals surface area contributed by atoms with Crippen molar-refractivity contribution < 1.29 is 14.3 Å². The minimum Gasteiger partial charge on any atom is -0.493 e. The Balaban J connectivity index is 1.70. The third-order valence-electron chi connectivity index (χ3n) is 4.36. The lowest BCUT2D eigenvalue weighted by molar-refractivity contribution is 0.0939. The Kier molecular flexibility index (Phi) is 6.22. The van der Waals surface area contributed by atoms with Crippen molar-refractivity contribution in [3.8, 4) is 28.6 Å². The van der Waals surface area contributed by atoms with Gasteiger partial charge in [-0.2, -0.15) is 0 Å². The number of hydrogen-bond acceptors (Lipinski definition) is 5. The average molecular weight is 377 g/mol. The zero-order valence-corrected chi connectivity index (χ0v) is 16.2. The van der Waals surface area contributed by atoms with E-state index in [1.165, 1.54) is 0 Å². The standard InChI is InChI=1S/C22H23N3O3/c1-4-15(2)23-22(26)17-11-9-16(10-12-17)18-13-14-21(25-24-18)28-20-8-6-5-7-19(20)27-3/h5-15H,4H2,1-3H3,(H,23,26). The fraction of sp³-hybridized carbons (Fsp3) is 0.227. The quantitative estimate of drug-likeness (QED) is 0.657. The van der Waals surface area contributed by atoms with Gasteiger partial charge in [0.1, 0.15) is 0 Å². The van der Waals surface area contributed by atoms with E-state index in [9.17, 15) is 4.79 Å². The monoisotopic (exact) mass is 377 g/mol. The molecular formula is C22H23N3O3. The average Bonchev–Trinajstić information content (AvgIpc) is 2.74. The third kappa shape index (κ3) is 4.65. The first-order chi connectivity index (χ1) is 13.6. The lowest BCUT2D eigenvalue weighted by Crippen LogP contribution is -2.31. The summed E-state index contributed by atoms with van der Waals surface area (Å²) >= 11 is 0. The topological polar surface area (TPSA) is 73.3 Å². The molecule has 2 aromatic carbocycles. The third-order valence-corrected chi connectivity index (χ3v) is 4.36. The Morgan fingerprint density at radius 2 is 1.71 bits per heavy atom. The van der Waals surface area contributed by atoms with Crippen LogP contribution in [0.1, 0.15) is 30.6 Å². The normalized spacial score (nSPS) is 11.5. The molecule has 0 aliphatic rings. The molecule has 1 atom stereocenters. The maximum Gasteiger partial charge on any atom is 0.251 e. The predicted octanol–water partition coefficient (Wildman–Crippen LogP) is 4.47. The summed E-state index contributed by atoms with van der Waals surface area (Å²) in [6.45, 7) is 4.02. The van der Waals surface area contributed by atoms with Gasteiger partial charge in [0.05, 0.1) is 12.8 Å². The van der Waals surface area contributed by atoms with Crippen molar-refractivity contribution in [3.05, 3.63) is 66.2 Å². The Hall–Kier alpha value is -3.41. The van der Waals surface area contributed by atoms with Gasteiger partial charge >= 0.3 is 0 Å². The minimum absolute atomic E-state index is 0.0764. The molecule has 0 fully saturated rings. The van der Waals surface area contributed by atoms with Crippen LogP contribution in [0.3, 0.4) is 0 Å². The van der Waals surface area contributed by atoms with Gasteiger partial charge in [-0.25, -0.2) is 0 Å². The molecule has 0 saturated carbocycles. The van der Waals surface area contributed by atoms with E-state index >= 15 is 0 Å². The Morgan fingerprint density at radius 1 is 1.00 bits per heavy atom. The van der Waals surface area contributed by atoms with Crippen molar-refractivity contribution in [2.24, 2.45) is 0 Å². The van der Waals surface area contributed by atoms with E-state index in [1.54, 1.807) is 31.4 Å². The van der Waals surface area contributed by atoms with Crippen LogP contribution in [-0.4, -0.2) is 29.3 Å². The van der Waals surface area contributed by atoms with Crippen molar-refractivity contribution >= 4 is 5.91 Å². The number of amides is 1. The molecule has 28 heavy (non-hydrogen) atoms. The summed E-state index contributed by atoms with van der Waals surface area (Å²) in [5.74, 6) is 1.49. The number of hydrogen-bond donors (Lipinski definition) is 1. The number of nitrogens with one attached hydrogen (secondary N) is 1. The van der Waals surface area contributed by atoms with E-state index in [0.717, 1.165) is 12.0 Å². The lowest BCUT2D eigenvalue weighted by Gasteiger charge is -2.11. The Morgan fingerprint density at radius 3 is 2.32 bits per heavy atom. The highest BCUT2D eigenvalue weighted by Crippen LogP contribution is 2.30. The SMILES string of the molecule is CCC(C)NC(=O)c1ccc(-c2ccc(Oc3ccccc3OC)nn2)cc1. The molecule has 0 saturated heterocycles. The van der Waals surface area contributed by atoms with Gasteiger partial charge in [-0.15, -0.1) is 10.2 Å². The molecule has 6 nitrogen and oxygen atoms in total. The molecule has 1 amide bonds. The number of para-hydroxylation sites is 2. The van der Waals surface area contributed by atoms with E-state index in [0.29, 0.717) is 28.6 Å². The van der Waals surface area contributed by atoms with E-state index in [4.69, 9.17) is 9.47 Å². The fourth-order valence-electron chi connectivity index (χ4n) is 2.55. The van der Waals surface area contributed by atoms with Gasteiger partial charge in [0.2, 0.25) is 5.88 Å². The first kappa shape index (κ1) is 19.4. The largest absolute Gasteiger partial charge is 0.493 e. The highest BCUT2D eigenvalue weighted by atomic mass is 16.5. The number of methoxy groups -OCH3 is 1. The summed E-state index contributed by atoms with van der Waals surface area (Å²) in [7, 11) is 1.59. The number of ether oxygens (including phenoxy) is 2. The molecule has 1 unspecified atom stereocenters. The molecule has 0 radical (unpaired) electrons. The van der Waals surface area contributed by atoms with E-state index < -0.39 is 0 Å². The number of carbonyl (C=O) groups excluding carboxylic acids is 1. The van der Waals surface area contributed by atoms with Gasteiger partial charge in [-0.1, -0.05) is 31.2 Å². The number of aromatic nitrogens is 2. The van der Waals surface area contributed by atoms with Crippen molar-refractivity contribution in [2.75, 3.05) is 7.11 Å². The summed E-state index contributed by atoms with van der Waals surface area (Å²) in [5, 5.41) is 11.3. The van der Waals surface area contributed by atoms with Crippen molar-refractivity contribution in [1.82, 2.24) is 15.5 Å². The summed E-state index contributed by atoms with van der Waals surface area (Å²) < 4.78 is 11.0. The van der Waals surface area contributed by atoms with Crippen LogP contribution < -0.4 is 14.8 Å². The number of carbonyl (C=O) groups is 1. The van der Waals surface area contributed by atoms with Gasteiger partial charge in [0.15, 0.2) is 11.5 Å². The molecule has 144 valence electrons. The maximum atomic E-state index is 12.2. The lowest BCUT2D eigenvalue weighted by atomic mass is 10.1. The first-order valence-corrected chi connectivity index (χ1v) is 9.16. The molecule has 0 aliphatic carbocycles. The van der Waals surface area contributed by atoms with Crippen LogP contribution in [0.4, 0.5) is 0 Å². The summed E-state index contributed by atoms with van der Waals surface area (Å²) in [5.41, 5.74) is 2.19. The second-order valence-corrected chi connectivity index (χ2v) is 6.37. The molecule has 0 bridgehead atoms. The summed E-state index contributed by atoms with van der Waals surface area (Å²) in [4.78, 5) is 12.2. The predicted molar refractivity (Wildman–Crippen MR) is 108 cm³/mol. The molecule has 1 N–H and O–H groups in total. The van der Waals surface area contributed by atoms with Crippen molar-refractivity contribution in [1.29, 1.82) is 0 Å². The van der Waals surface area contributed by atoms with Crippen molar-refractivity contribution in [2.45, 2.75) is 26.3 Å². The van der Waals surface area contributed by atoms with Gasteiger partial charge in [0.25, 0.3) is 5.91 Å². The summed E-state index contributed by atoms with van der Waals surface area (Å²) in [6.07, 6.45) is 0.892. The molecule has 0 spiro atoms. The number of nitrogens with zero attached hydrogens (tertiary/aromatic N) is 2. The second kappa shape index (κ2) is 8.99. The number of rotatable bonds is 7. The zero-order chi connectivity index (χ0) is 19.9. The van der Waals surface area contributed by atoms with Gasteiger partial charge in [0, 0.05) is 23.2 Å². The minimum atomic E-state index is -0.0764. The van der Waals surface area contributed by atoms with Crippen molar-refractivity contribution in [3.63, 3.8) is 0 Å². The Labute approximate surface area is 164 Å². The van der Waals surface area contributed by atoms with Crippen LogP contribution in [0, 0.1) is 0 Å². The van der Waals surface area contributed by atoms with E-state index in [1.807, 2.05) is 50.2 Å². The van der Waals surface area contributed by atoms with Crippen LogP contribution in [0.25, 0.3) is 11.3 Å². The van der Waals surface area contributed by atoms with E-state index in [2.05, 4.69) is 15.5 Å². The van der Waals surface area contributed by atoms with Crippen LogP contribution in [0.2, 0.25) is 0 Å². The van der Waals surface area contributed by atoms with Gasteiger partial charge in [-0.05, 0) is 43.7 Å². The van der Waals surface area contributed by atoms with Crippen LogP contribution in [-0.2, 0) is 0 Å². The zero-order valence-electron chi connectivity index (χ0n) is 16.2.